The van der Waals surface area contributed by atoms with E-state index in [1.807, 2.05) is 5.38 Å². The number of nitrogens with one attached hydrogen (secondary N) is 1. The molecule has 2 aliphatic rings. The third-order valence-corrected chi connectivity index (χ3v) is 5.43. The van der Waals surface area contributed by atoms with Crippen molar-refractivity contribution < 1.29 is 14.3 Å². The van der Waals surface area contributed by atoms with E-state index >= 15 is 0 Å². The maximum Gasteiger partial charge on any atom is 0.325 e. The van der Waals surface area contributed by atoms with E-state index in [4.69, 9.17) is 4.74 Å². The molecule has 1 aliphatic heterocycles. The van der Waals surface area contributed by atoms with E-state index in [0.717, 1.165) is 10.7 Å². The largest absolute Gasteiger partial charge is 0.382 e. The van der Waals surface area contributed by atoms with Gasteiger partial charge in [0.15, 0.2) is 0 Å². The van der Waals surface area contributed by atoms with Gasteiger partial charge in [0.05, 0.1) is 23.9 Å². The molecule has 22 heavy (non-hydrogen) atoms. The molecule has 0 bridgehead atoms. The van der Waals surface area contributed by atoms with Gasteiger partial charge >= 0.3 is 6.03 Å². The molecule has 0 aromatic carbocycles. The molecule has 7 heteroatoms. The van der Waals surface area contributed by atoms with E-state index in [2.05, 4.69) is 10.3 Å². The number of aromatic nitrogens is 1. The second kappa shape index (κ2) is 5.96. The van der Waals surface area contributed by atoms with Crippen molar-refractivity contribution in [3.63, 3.8) is 0 Å². The lowest BCUT2D eigenvalue weighted by atomic mass is 10.0. The summed E-state index contributed by atoms with van der Waals surface area (Å²) in [4.78, 5) is 30.4. The van der Waals surface area contributed by atoms with Crippen LogP contribution in [0.25, 0.3) is 0 Å². The average Bonchev–Trinajstić information content (AvgIpc) is 3.17. The highest BCUT2D eigenvalue weighted by Gasteiger charge is 2.48. The number of carbonyl (C=O) groups excluding carboxylic acids is 2. The fraction of sp³-hybridized carbons (Fsp3) is 0.667. The van der Waals surface area contributed by atoms with Crippen molar-refractivity contribution in [3.05, 3.63) is 16.1 Å². The van der Waals surface area contributed by atoms with Gasteiger partial charge in [-0.1, -0.05) is 12.8 Å². The van der Waals surface area contributed by atoms with Gasteiger partial charge in [-0.15, -0.1) is 11.3 Å². The van der Waals surface area contributed by atoms with Crippen LogP contribution in [-0.4, -0.2) is 41.1 Å². The van der Waals surface area contributed by atoms with Crippen LogP contribution in [0.5, 0.6) is 0 Å². The number of carbonyl (C=O) groups is 2. The number of ether oxygens (including phenoxy) is 1. The average molecular weight is 323 g/mol. The van der Waals surface area contributed by atoms with Crippen molar-refractivity contribution in [3.8, 4) is 0 Å². The Bertz CT molecular complexity index is 582. The van der Waals surface area contributed by atoms with Crippen molar-refractivity contribution in [1.82, 2.24) is 15.2 Å². The van der Waals surface area contributed by atoms with Gasteiger partial charge in [-0.3, -0.25) is 9.69 Å². The molecule has 1 aromatic heterocycles. The van der Waals surface area contributed by atoms with Crippen LogP contribution in [0.15, 0.2) is 5.38 Å². The number of hydrogen-bond acceptors (Lipinski definition) is 5. The van der Waals surface area contributed by atoms with E-state index < -0.39 is 5.54 Å². The summed E-state index contributed by atoms with van der Waals surface area (Å²) in [6.07, 6.45) is 4.92. The number of hydrogen-bond donors (Lipinski definition) is 1. The first-order valence-electron chi connectivity index (χ1n) is 7.61. The molecule has 1 saturated heterocycles. The summed E-state index contributed by atoms with van der Waals surface area (Å²) in [7, 11) is 1.52. The van der Waals surface area contributed by atoms with Gasteiger partial charge in [-0.25, -0.2) is 9.78 Å². The molecule has 2 heterocycles. The number of rotatable bonds is 5. The molecule has 3 amide bonds. The Labute approximate surface area is 133 Å². The summed E-state index contributed by atoms with van der Waals surface area (Å²) < 4.78 is 5.04. The maximum absolute atomic E-state index is 12.4. The lowest BCUT2D eigenvalue weighted by Crippen LogP contribution is -2.47. The summed E-state index contributed by atoms with van der Waals surface area (Å²) in [5.41, 5.74) is -0.187. The van der Waals surface area contributed by atoms with Crippen LogP contribution in [0.3, 0.4) is 0 Å². The second-order valence-corrected chi connectivity index (χ2v) is 7.13. The van der Waals surface area contributed by atoms with E-state index in [9.17, 15) is 9.59 Å². The molecular weight excluding hydrogens is 302 g/mol. The Morgan fingerprint density at radius 2 is 2.18 bits per heavy atom. The zero-order chi connectivity index (χ0) is 15.7. The Kier molecular flexibility index (Phi) is 4.18. The van der Waals surface area contributed by atoms with Crippen LogP contribution in [0, 0.1) is 0 Å². The van der Waals surface area contributed by atoms with Crippen LogP contribution in [0.4, 0.5) is 4.79 Å². The molecule has 6 nitrogen and oxygen atoms in total. The van der Waals surface area contributed by atoms with Gasteiger partial charge in [0.25, 0.3) is 5.91 Å². The highest BCUT2D eigenvalue weighted by Crippen LogP contribution is 2.35. The molecule has 2 fully saturated rings. The predicted molar refractivity (Wildman–Crippen MR) is 82.7 cm³/mol. The lowest BCUT2D eigenvalue weighted by molar-refractivity contribution is -0.132. The van der Waals surface area contributed by atoms with Gasteiger partial charge in [0.2, 0.25) is 0 Å². The molecular formula is C15H21N3O3S. The van der Waals surface area contributed by atoms with Crippen molar-refractivity contribution in [2.75, 3.05) is 13.7 Å². The molecule has 1 aliphatic carbocycles. The summed E-state index contributed by atoms with van der Waals surface area (Å²) in [5.74, 6) is 0.301. The van der Waals surface area contributed by atoms with E-state index in [1.54, 1.807) is 18.3 Å². The van der Waals surface area contributed by atoms with E-state index in [0.29, 0.717) is 5.92 Å². The Hall–Kier alpha value is -1.47. The minimum atomic E-state index is -0.976. The fourth-order valence-electron chi connectivity index (χ4n) is 3.19. The summed E-state index contributed by atoms with van der Waals surface area (Å²) in [6.45, 7) is 2.08. The van der Waals surface area contributed by atoms with Crippen molar-refractivity contribution in [1.29, 1.82) is 0 Å². The molecule has 1 atom stereocenters. The van der Waals surface area contributed by atoms with Gasteiger partial charge in [0.1, 0.15) is 5.54 Å². The van der Waals surface area contributed by atoms with Crippen LogP contribution >= 0.6 is 11.3 Å². The SMILES string of the molecule is COC[C@]1(C)NC(=O)N(Cc2csc(C3CCCC3)n2)C1=O. The monoisotopic (exact) mass is 323 g/mol. The van der Waals surface area contributed by atoms with E-state index in [-0.39, 0.29) is 25.1 Å². The first-order chi connectivity index (χ1) is 10.5. The number of amides is 3. The number of urea groups is 1. The highest BCUT2D eigenvalue weighted by atomic mass is 32.1. The highest BCUT2D eigenvalue weighted by molar-refractivity contribution is 7.09. The third kappa shape index (κ3) is 2.75. The van der Waals surface area contributed by atoms with Gasteiger partial charge in [0, 0.05) is 18.4 Å². The summed E-state index contributed by atoms with van der Waals surface area (Å²) in [5, 5.41) is 5.80. The van der Waals surface area contributed by atoms with Crippen LogP contribution in [-0.2, 0) is 16.1 Å². The van der Waals surface area contributed by atoms with Gasteiger partial charge < -0.3 is 10.1 Å². The summed E-state index contributed by atoms with van der Waals surface area (Å²) >= 11 is 1.64. The maximum atomic E-state index is 12.4. The van der Waals surface area contributed by atoms with Crippen molar-refractivity contribution in [2.24, 2.45) is 0 Å². The van der Waals surface area contributed by atoms with E-state index in [1.165, 1.54) is 37.7 Å². The topological polar surface area (TPSA) is 71.5 Å². The van der Waals surface area contributed by atoms with Crippen LogP contribution in [0.2, 0.25) is 0 Å². The van der Waals surface area contributed by atoms with Crippen molar-refractivity contribution >= 4 is 23.3 Å². The predicted octanol–water partition coefficient (Wildman–Crippen LogP) is 2.26. The molecule has 1 N–H and O–H groups in total. The normalized spacial score (nSPS) is 26.0. The molecule has 0 radical (unpaired) electrons. The van der Waals surface area contributed by atoms with Crippen LogP contribution in [0.1, 0.15) is 49.2 Å². The standard InChI is InChI=1S/C15H21N3O3S/c1-15(9-21-2)13(19)18(14(20)17-15)7-11-8-22-12(16-11)10-5-3-4-6-10/h8,10H,3-7,9H2,1-2H3,(H,17,20)/t15-/m0/s1. The van der Waals surface area contributed by atoms with Crippen molar-refractivity contribution in [2.45, 2.75) is 50.6 Å². The fourth-order valence-corrected chi connectivity index (χ4v) is 4.18. The number of imide groups is 1. The first kappa shape index (κ1) is 15.4. The zero-order valence-corrected chi connectivity index (χ0v) is 13.7. The Morgan fingerprint density at radius 1 is 1.45 bits per heavy atom. The second-order valence-electron chi connectivity index (χ2n) is 6.25. The number of nitrogens with zero attached hydrogens (tertiary/aromatic N) is 2. The van der Waals surface area contributed by atoms with Gasteiger partial charge in [-0.05, 0) is 19.8 Å². The zero-order valence-electron chi connectivity index (χ0n) is 12.9. The molecule has 3 rings (SSSR count). The number of methoxy groups -OCH3 is 1. The summed E-state index contributed by atoms with van der Waals surface area (Å²) in [6, 6.07) is -0.375. The Balaban J connectivity index is 1.70. The minimum absolute atomic E-state index is 0.165. The minimum Gasteiger partial charge on any atom is -0.382 e. The smallest absolute Gasteiger partial charge is 0.325 e. The first-order valence-corrected chi connectivity index (χ1v) is 8.49. The molecule has 0 unspecified atom stereocenters. The Morgan fingerprint density at radius 3 is 2.86 bits per heavy atom. The molecule has 120 valence electrons. The quantitative estimate of drug-likeness (QED) is 0.844. The number of thiazole rings is 1. The third-order valence-electron chi connectivity index (χ3n) is 4.37. The van der Waals surface area contributed by atoms with Gasteiger partial charge in [-0.2, -0.15) is 0 Å². The lowest BCUT2D eigenvalue weighted by Gasteiger charge is -2.20. The molecule has 1 aromatic rings. The van der Waals surface area contributed by atoms with Crippen LogP contribution < -0.4 is 5.32 Å². The molecule has 1 saturated carbocycles. The molecule has 0 spiro atoms.